The van der Waals surface area contributed by atoms with Crippen LogP contribution in [0.15, 0.2) is 71.9 Å². The monoisotopic (exact) mass is 531 g/mol. The lowest BCUT2D eigenvalue weighted by atomic mass is 10.2. The summed E-state index contributed by atoms with van der Waals surface area (Å²) in [4.78, 5) is 4.08. The van der Waals surface area contributed by atoms with Crippen molar-refractivity contribution in [3.8, 4) is 11.4 Å². The molecule has 0 unspecified atom stereocenters. The quantitative estimate of drug-likeness (QED) is 0.284. The summed E-state index contributed by atoms with van der Waals surface area (Å²) < 4.78 is 43.4. The van der Waals surface area contributed by atoms with E-state index in [0.29, 0.717) is 18.1 Å². The molecule has 3 rings (SSSR count). The van der Waals surface area contributed by atoms with Gasteiger partial charge in [0.2, 0.25) is 0 Å². The summed E-state index contributed by atoms with van der Waals surface area (Å²) in [6.45, 7) is 0.518. The maximum Gasteiger partial charge on any atom is 0.573 e. The number of nitrogens with zero attached hydrogens (tertiary/aromatic N) is 3. The summed E-state index contributed by atoms with van der Waals surface area (Å²) >= 11 is 0. The van der Waals surface area contributed by atoms with Crippen LogP contribution in [0, 0.1) is 0 Å². The molecule has 0 bridgehead atoms. The van der Waals surface area contributed by atoms with Crippen LogP contribution in [0.5, 0.6) is 5.75 Å². The number of hydrogen-bond acceptors (Lipinski definition) is 3. The first-order valence-corrected chi connectivity index (χ1v) is 8.83. The van der Waals surface area contributed by atoms with Crippen molar-refractivity contribution in [2.24, 2.45) is 4.99 Å². The highest BCUT2D eigenvalue weighted by molar-refractivity contribution is 14.0. The van der Waals surface area contributed by atoms with Gasteiger partial charge in [-0.1, -0.05) is 36.4 Å². The molecule has 3 aromatic rings. The number of nitrogens with one attached hydrogen (secondary N) is 2. The second-order valence-corrected chi connectivity index (χ2v) is 6.02. The topological polar surface area (TPSA) is 63.5 Å². The van der Waals surface area contributed by atoms with Crippen molar-refractivity contribution >= 4 is 29.9 Å². The predicted octanol–water partition coefficient (Wildman–Crippen LogP) is 4.25. The minimum Gasteiger partial charge on any atom is -0.405 e. The highest BCUT2D eigenvalue weighted by Crippen LogP contribution is 2.26. The molecule has 2 aromatic carbocycles. The van der Waals surface area contributed by atoms with Crippen molar-refractivity contribution in [3.63, 3.8) is 0 Å². The van der Waals surface area contributed by atoms with Crippen molar-refractivity contribution in [1.82, 2.24) is 20.4 Å². The van der Waals surface area contributed by atoms with Gasteiger partial charge in [0, 0.05) is 25.4 Å². The smallest absolute Gasteiger partial charge is 0.405 e. The third-order valence-corrected chi connectivity index (χ3v) is 3.97. The summed E-state index contributed by atoms with van der Waals surface area (Å²) in [6, 6.07) is 17.5. The van der Waals surface area contributed by atoms with Crippen LogP contribution in [0.4, 0.5) is 13.2 Å². The van der Waals surface area contributed by atoms with Gasteiger partial charge in [-0.15, -0.1) is 37.1 Å². The summed E-state index contributed by atoms with van der Waals surface area (Å²) in [5.74, 6) is 0.186. The Balaban J connectivity index is 0.00000320. The first-order chi connectivity index (χ1) is 13.9. The molecule has 0 aliphatic carbocycles. The molecule has 1 heterocycles. The Kier molecular flexibility index (Phi) is 8.51. The number of halogens is 4. The molecular formula is C20H21F3IN5O. The molecule has 0 aliphatic rings. The summed E-state index contributed by atoms with van der Waals surface area (Å²) in [6.07, 6.45) is -2.89. The molecule has 6 nitrogen and oxygen atoms in total. The molecule has 0 fully saturated rings. The number of ether oxygens (including phenoxy) is 1. The SMILES string of the molecule is CN=C(NCc1ccn(-c2ccccc2)n1)NCc1ccccc1OC(F)(F)F.I. The molecule has 1 aromatic heterocycles. The lowest BCUT2D eigenvalue weighted by Gasteiger charge is -2.15. The van der Waals surface area contributed by atoms with Crippen LogP contribution in [-0.4, -0.2) is 29.2 Å². The Bertz CT molecular complexity index is 960. The second-order valence-electron chi connectivity index (χ2n) is 6.02. The van der Waals surface area contributed by atoms with Crippen molar-refractivity contribution < 1.29 is 17.9 Å². The minimum absolute atomic E-state index is 0. The molecule has 0 radical (unpaired) electrons. The van der Waals surface area contributed by atoms with Crippen LogP contribution in [0.3, 0.4) is 0 Å². The van der Waals surface area contributed by atoms with Gasteiger partial charge >= 0.3 is 6.36 Å². The van der Waals surface area contributed by atoms with Gasteiger partial charge in [-0.05, 0) is 24.3 Å². The van der Waals surface area contributed by atoms with Crippen LogP contribution >= 0.6 is 24.0 Å². The third-order valence-electron chi connectivity index (χ3n) is 3.97. The molecule has 2 N–H and O–H groups in total. The number of para-hydroxylation sites is 2. The number of hydrogen-bond donors (Lipinski definition) is 2. The van der Waals surface area contributed by atoms with Gasteiger partial charge < -0.3 is 15.4 Å². The Morgan fingerprint density at radius 2 is 1.67 bits per heavy atom. The fourth-order valence-corrected chi connectivity index (χ4v) is 2.63. The van der Waals surface area contributed by atoms with Gasteiger partial charge in [-0.25, -0.2) is 4.68 Å². The predicted molar refractivity (Wildman–Crippen MR) is 119 cm³/mol. The molecule has 0 aliphatic heterocycles. The molecule has 10 heteroatoms. The third kappa shape index (κ3) is 6.94. The standard InChI is InChI=1S/C20H20F3N5O.HI/c1-24-19(25-13-15-7-5-6-10-18(15)29-20(21,22)23)26-14-16-11-12-28(27-16)17-8-3-2-4-9-17;/h2-12H,13-14H2,1H3,(H2,24,25,26);1H. The molecule has 0 saturated carbocycles. The summed E-state index contributed by atoms with van der Waals surface area (Å²) in [5.41, 5.74) is 2.10. The number of alkyl halides is 3. The Labute approximate surface area is 189 Å². The fraction of sp³-hybridized carbons (Fsp3) is 0.200. The van der Waals surface area contributed by atoms with Crippen LogP contribution in [-0.2, 0) is 13.1 Å². The molecule has 30 heavy (non-hydrogen) atoms. The average molecular weight is 531 g/mol. The number of aliphatic imine (C=N–C) groups is 1. The van der Waals surface area contributed by atoms with Crippen molar-refractivity contribution in [3.05, 3.63) is 78.1 Å². The van der Waals surface area contributed by atoms with Crippen molar-refractivity contribution in [2.75, 3.05) is 7.05 Å². The van der Waals surface area contributed by atoms with Gasteiger partial charge in [0.25, 0.3) is 0 Å². The van der Waals surface area contributed by atoms with E-state index in [1.54, 1.807) is 23.9 Å². The number of guanidine groups is 1. The summed E-state index contributed by atoms with van der Waals surface area (Å²) in [7, 11) is 1.58. The normalized spacial score (nSPS) is 11.5. The van der Waals surface area contributed by atoms with E-state index in [4.69, 9.17) is 0 Å². The zero-order chi connectivity index (χ0) is 20.7. The molecule has 0 atom stereocenters. The maximum atomic E-state index is 12.5. The minimum atomic E-state index is -4.74. The number of benzene rings is 2. The fourth-order valence-electron chi connectivity index (χ4n) is 2.63. The average Bonchev–Trinajstić information content (AvgIpc) is 3.18. The van der Waals surface area contributed by atoms with E-state index in [0.717, 1.165) is 11.4 Å². The van der Waals surface area contributed by atoms with Gasteiger partial charge in [-0.3, -0.25) is 4.99 Å². The molecule has 0 saturated heterocycles. The first-order valence-electron chi connectivity index (χ1n) is 8.83. The van der Waals surface area contributed by atoms with Gasteiger partial charge in [0.15, 0.2) is 5.96 Å². The largest absolute Gasteiger partial charge is 0.573 e. The van der Waals surface area contributed by atoms with Crippen LogP contribution < -0.4 is 15.4 Å². The van der Waals surface area contributed by atoms with E-state index in [9.17, 15) is 13.2 Å². The van der Waals surface area contributed by atoms with Crippen LogP contribution in [0.25, 0.3) is 5.69 Å². The molecule has 0 spiro atoms. The van der Waals surface area contributed by atoms with Gasteiger partial charge in [0.05, 0.1) is 17.9 Å². The van der Waals surface area contributed by atoms with Crippen molar-refractivity contribution in [1.29, 1.82) is 0 Å². The van der Waals surface area contributed by atoms with E-state index in [1.807, 2.05) is 42.6 Å². The van der Waals surface area contributed by atoms with Gasteiger partial charge in [0.1, 0.15) is 5.75 Å². The van der Waals surface area contributed by atoms with Crippen LogP contribution in [0.1, 0.15) is 11.3 Å². The van der Waals surface area contributed by atoms with E-state index in [1.165, 1.54) is 12.1 Å². The molecule has 160 valence electrons. The maximum absolute atomic E-state index is 12.5. The van der Waals surface area contributed by atoms with E-state index < -0.39 is 6.36 Å². The van der Waals surface area contributed by atoms with Crippen LogP contribution in [0.2, 0.25) is 0 Å². The zero-order valence-corrected chi connectivity index (χ0v) is 18.4. The highest BCUT2D eigenvalue weighted by Gasteiger charge is 2.31. The lowest BCUT2D eigenvalue weighted by Crippen LogP contribution is -2.36. The Morgan fingerprint density at radius 3 is 2.37 bits per heavy atom. The molecular weight excluding hydrogens is 510 g/mol. The number of rotatable bonds is 6. The zero-order valence-electron chi connectivity index (χ0n) is 16.1. The van der Waals surface area contributed by atoms with E-state index in [2.05, 4.69) is 25.5 Å². The van der Waals surface area contributed by atoms with E-state index >= 15 is 0 Å². The summed E-state index contributed by atoms with van der Waals surface area (Å²) in [5, 5.41) is 10.6. The highest BCUT2D eigenvalue weighted by atomic mass is 127. The Hall–Kier alpha value is -2.76. The number of aromatic nitrogens is 2. The molecule has 0 amide bonds. The lowest BCUT2D eigenvalue weighted by molar-refractivity contribution is -0.274. The Morgan fingerprint density at radius 1 is 1.00 bits per heavy atom. The first kappa shape index (κ1) is 23.5. The second kappa shape index (κ2) is 10.9. The van der Waals surface area contributed by atoms with E-state index in [-0.39, 0.29) is 36.3 Å². The van der Waals surface area contributed by atoms with Gasteiger partial charge in [-0.2, -0.15) is 5.10 Å². The van der Waals surface area contributed by atoms with Crippen molar-refractivity contribution in [2.45, 2.75) is 19.5 Å².